The van der Waals surface area contributed by atoms with Crippen molar-refractivity contribution >= 4 is 17.2 Å². The van der Waals surface area contributed by atoms with Gasteiger partial charge in [-0.05, 0) is 48.4 Å². The number of nitrogens with zero attached hydrogens (tertiary/aromatic N) is 2. The summed E-state index contributed by atoms with van der Waals surface area (Å²) in [4.78, 5) is 19.0. The summed E-state index contributed by atoms with van der Waals surface area (Å²) in [7, 11) is 0. The van der Waals surface area contributed by atoms with Gasteiger partial charge >= 0.3 is 0 Å². The minimum atomic E-state index is 0.169. The highest BCUT2D eigenvalue weighted by Crippen LogP contribution is 2.27. The molecular formula is C20H24N2OS. The van der Waals surface area contributed by atoms with E-state index in [-0.39, 0.29) is 5.92 Å². The fourth-order valence-electron chi connectivity index (χ4n) is 3.94. The third-order valence-electron chi connectivity index (χ3n) is 5.22. The molecule has 3 nitrogen and oxygen atoms in total. The first-order valence-corrected chi connectivity index (χ1v) is 9.78. The van der Waals surface area contributed by atoms with Gasteiger partial charge in [-0.2, -0.15) is 0 Å². The van der Waals surface area contributed by atoms with Crippen molar-refractivity contribution in [1.29, 1.82) is 0 Å². The van der Waals surface area contributed by atoms with Gasteiger partial charge in [-0.25, -0.2) is 0 Å². The molecule has 0 unspecified atom stereocenters. The molecule has 2 aliphatic rings. The molecule has 2 aromatic rings. The second-order valence-electron chi connectivity index (χ2n) is 6.94. The van der Waals surface area contributed by atoms with Crippen molar-refractivity contribution in [2.75, 3.05) is 19.6 Å². The first-order chi connectivity index (χ1) is 11.8. The van der Waals surface area contributed by atoms with Crippen molar-refractivity contribution in [3.63, 3.8) is 0 Å². The first-order valence-electron chi connectivity index (χ1n) is 8.90. The summed E-state index contributed by atoms with van der Waals surface area (Å²) in [6.07, 6.45) is 3.19. The lowest BCUT2D eigenvalue weighted by atomic mass is 9.95. The fourth-order valence-corrected chi connectivity index (χ4v) is 4.83. The lowest BCUT2D eigenvalue weighted by molar-refractivity contribution is -0.138. The van der Waals surface area contributed by atoms with Crippen molar-refractivity contribution in [3.05, 3.63) is 57.8 Å². The SMILES string of the molecule is O=C([C@@H]1CCCN(Cc2ccccc2)C1)N1CCc2sccc2C1. The zero-order chi connectivity index (χ0) is 16.4. The second kappa shape index (κ2) is 7.08. The maximum atomic E-state index is 13.0. The van der Waals surface area contributed by atoms with Crippen LogP contribution >= 0.6 is 11.3 Å². The van der Waals surface area contributed by atoms with E-state index in [1.54, 1.807) is 0 Å². The van der Waals surface area contributed by atoms with Crippen molar-refractivity contribution in [2.24, 2.45) is 5.92 Å². The summed E-state index contributed by atoms with van der Waals surface area (Å²) in [5.74, 6) is 0.534. The molecule has 0 bridgehead atoms. The van der Waals surface area contributed by atoms with E-state index in [4.69, 9.17) is 0 Å². The van der Waals surface area contributed by atoms with Gasteiger partial charge < -0.3 is 4.90 Å². The van der Waals surface area contributed by atoms with E-state index in [0.29, 0.717) is 5.91 Å². The van der Waals surface area contributed by atoms with Gasteiger partial charge in [-0.15, -0.1) is 11.3 Å². The predicted octanol–water partition coefficient (Wildman–Crippen LogP) is 3.55. The minimum absolute atomic E-state index is 0.169. The van der Waals surface area contributed by atoms with Crippen LogP contribution in [0.1, 0.15) is 28.8 Å². The Kier molecular flexibility index (Phi) is 4.67. The Morgan fingerprint density at radius 3 is 2.92 bits per heavy atom. The topological polar surface area (TPSA) is 23.6 Å². The van der Waals surface area contributed by atoms with Gasteiger partial charge in [-0.3, -0.25) is 9.69 Å². The highest BCUT2D eigenvalue weighted by atomic mass is 32.1. The molecule has 1 saturated heterocycles. The Bertz CT molecular complexity index is 697. The van der Waals surface area contributed by atoms with Crippen LogP contribution in [0.2, 0.25) is 0 Å². The van der Waals surface area contributed by atoms with E-state index in [9.17, 15) is 4.79 Å². The number of piperidine rings is 1. The molecule has 3 heterocycles. The van der Waals surface area contributed by atoms with Gasteiger partial charge in [0, 0.05) is 31.1 Å². The van der Waals surface area contributed by atoms with Crippen LogP contribution in [0, 0.1) is 5.92 Å². The van der Waals surface area contributed by atoms with E-state index in [2.05, 4.69) is 51.6 Å². The number of carbonyl (C=O) groups is 1. The molecule has 4 rings (SSSR count). The molecule has 1 amide bonds. The quantitative estimate of drug-likeness (QED) is 0.853. The Labute approximate surface area is 147 Å². The number of rotatable bonds is 3. The van der Waals surface area contributed by atoms with Crippen LogP contribution in [0.15, 0.2) is 41.8 Å². The van der Waals surface area contributed by atoms with E-state index >= 15 is 0 Å². The standard InChI is InChI=1S/C20H24N2OS/c23-20(22-11-8-19-17(15-22)9-12-24-19)18-7-4-10-21(14-18)13-16-5-2-1-3-6-16/h1-3,5-6,9,12,18H,4,7-8,10-11,13-15H2/t18-/m1/s1. The Balaban J connectivity index is 1.38. The average Bonchev–Trinajstić information content (AvgIpc) is 3.10. The van der Waals surface area contributed by atoms with Crippen LogP contribution in [-0.4, -0.2) is 35.3 Å². The molecule has 0 N–H and O–H groups in total. The number of likely N-dealkylation sites (tertiary alicyclic amines) is 1. The maximum absolute atomic E-state index is 13.0. The van der Waals surface area contributed by atoms with Crippen LogP contribution in [0.5, 0.6) is 0 Å². The molecule has 4 heteroatoms. The predicted molar refractivity (Wildman–Crippen MR) is 97.9 cm³/mol. The molecule has 1 atom stereocenters. The van der Waals surface area contributed by atoms with Crippen LogP contribution in [0.3, 0.4) is 0 Å². The number of carbonyl (C=O) groups excluding carboxylic acids is 1. The largest absolute Gasteiger partial charge is 0.338 e. The van der Waals surface area contributed by atoms with Crippen LogP contribution < -0.4 is 0 Å². The normalized spacial score (nSPS) is 21.5. The number of thiophene rings is 1. The molecule has 1 aromatic carbocycles. The lowest BCUT2D eigenvalue weighted by Gasteiger charge is -2.36. The molecule has 0 spiro atoms. The maximum Gasteiger partial charge on any atom is 0.227 e. The smallest absolute Gasteiger partial charge is 0.227 e. The third-order valence-corrected chi connectivity index (χ3v) is 6.25. The van der Waals surface area contributed by atoms with E-state index in [1.165, 1.54) is 16.0 Å². The molecule has 0 radical (unpaired) electrons. The van der Waals surface area contributed by atoms with E-state index in [1.807, 2.05) is 11.3 Å². The average molecular weight is 340 g/mol. The minimum Gasteiger partial charge on any atom is -0.338 e. The van der Waals surface area contributed by atoms with Gasteiger partial charge in [0.25, 0.3) is 0 Å². The summed E-state index contributed by atoms with van der Waals surface area (Å²) >= 11 is 1.83. The van der Waals surface area contributed by atoms with Crippen molar-refractivity contribution < 1.29 is 4.79 Å². The molecule has 24 heavy (non-hydrogen) atoms. The van der Waals surface area contributed by atoms with Crippen molar-refractivity contribution in [1.82, 2.24) is 9.80 Å². The summed E-state index contributed by atoms with van der Waals surface area (Å²) in [5, 5.41) is 2.15. The van der Waals surface area contributed by atoms with Gasteiger partial charge in [0.05, 0.1) is 5.92 Å². The molecule has 1 fully saturated rings. The van der Waals surface area contributed by atoms with Crippen LogP contribution in [-0.2, 0) is 24.3 Å². The summed E-state index contributed by atoms with van der Waals surface area (Å²) < 4.78 is 0. The Morgan fingerprint density at radius 2 is 2.04 bits per heavy atom. The molecule has 1 aromatic heterocycles. The number of fused-ring (bicyclic) bond motifs is 1. The number of hydrogen-bond donors (Lipinski definition) is 0. The molecule has 0 aliphatic carbocycles. The van der Waals surface area contributed by atoms with E-state index < -0.39 is 0 Å². The summed E-state index contributed by atoms with van der Waals surface area (Å²) in [5.41, 5.74) is 2.70. The van der Waals surface area contributed by atoms with Gasteiger partial charge in [0.1, 0.15) is 0 Å². The second-order valence-corrected chi connectivity index (χ2v) is 7.94. The molecular weight excluding hydrogens is 316 g/mol. The number of amides is 1. The van der Waals surface area contributed by atoms with Crippen molar-refractivity contribution in [3.8, 4) is 0 Å². The Hall–Kier alpha value is -1.65. The van der Waals surface area contributed by atoms with Crippen molar-refractivity contribution in [2.45, 2.75) is 32.4 Å². The van der Waals surface area contributed by atoms with Gasteiger partial charge in [0.2, 0.25) is 5.91 Å². The number of hydrogen-bond acceptors (Lipinski definition) is 3. The lowest BCUT2D eigenvalue weighted by Crippen LogP contribution is -2.45. The molecule has 0 saturated carbocycles. The third kappa shape index (κ3) is 3.40. The van der Waals surface area contributed by atoms with E-state index in [0.717, 1.165) is 52.0 Å². The summed E-state index contributed by atoms with van der Waals surface area (Å²) in [6.45, 7) is 4.67. The number of benzene rings is 1. The fraction of sp³-hybridized carbons (Fsp3) is 0.450. The van der Waals surface area contributed by atoms with Crippen LogP contribution in [0.4, 0.5) is 0 Å². The van der Waals surface area contributed by atoms with Crippen LogP contribution in [0.25, 0.3) is 0 Å². The zero-order valence-corrected chi connectivity index (χ0v) is 14.8. The Morgan fingerprint density at radius 1 is 1.17 bits per heavy atom. The monoisotopic (exact) mass is 340 g/mol. The first kappa shape index (κ1) is 15.9. The van der Waals surface area contributed by atoms with Gasteiger partial charge in [0.15, 0.2) is 0 Å². The summed E-state index contributed by atoms with van der Waals surface area (Å²) in [6, 6.07) is 12.8. The molecule has 2 aliphatic heterocycles. The van der Waals surface area contributed by atoms with Gasteiger partial charge in [-0.1, -0.05) is 30.3 Å². The highest BCUT2D eigenvalue weighted by molar-refractivity contribution is 7.10. The highest BCUT2D eigenvalue weighted by Gasteiger charge is 2.31. The zero-order valence-electron chi connectivity index (χ0n) is 14.0. The molecule has 126 valence electrons.